The highest BCUT2D eigenvalue weighted by atomic mass is 16.6. The van der Waals surface area contributed by atoms with E-state index in [0.29, 0.717) is 0 Å². The first-order valence-electron chi connectivity index (χ1n) is 9.47. The van der Waals surface area contributed by atoms with Crippen LogP contribution in [-0.4, -0.2) is 18.6 Å². The van der Waals surface area contributed by atoms with E-state index in [1.807, 2.05) is 18.5 Å². The lowest BCUT2D eigenvalue weighted by Crippen LogP contribution is -2.19. The number of pyridine rings is 1. The van der Waals surface area contributed by atoms with E-state index in [1.54, 1.807) is 7.11 Å². The van der Waals surface area contributed by atoms with Gasteiger partial charge >= 0.3 is 0 Å². The average Bonchev–Trinajstić information content (AvgIpc) is 2.58. The van der Waals surface area contributed by atoms with Gasteiger partial charge in [0.05, 0.1) is 7.11 Å². The largest absolute Gasteiger partial charge is 0.305 e. The van der Waals surface area contributed by atoms with Gasteiger partial charge in [0.15, 0.2) is 0 Å². The summed E-state index contributed by atoms with van der Waals surface area (Å²) in [7, 11) is 1.69. The average molecular weight is 321 g/mol. The van der Waals surface area contributed by atoms with E-state index < -0.39 is 0 Å². The highest BCUT2D eigenvalue weighted by molar-refractivity contribution is 5.08. The molecule has 3 heteroatoms. The summed E-state index contributed by atoms with van der Waals surface area (Å²) >= 11 is 0. The Morgan fingerprint density at radius 1 is 1.00 bits per heavy atom. The van der Waals surface area contributed by atoms with E-state index in [4.69, 9.17) is 4.84 Å². The van der Waals surface area contributed by atoms with Crippen molar-refractivity contribution in [3.63, 3.8) is 0 Å². The summed E-state index contributed by atoms with van der Waals surface area (Å²) in [4.78, 5) is 9.05. The monoisotopic (exact) mass is 320 g/mol. The molecule has 23 heavy (non-hydrogen) atoms. The minimum absolute atomic E-state index is 0.717. The Balaban J connectivity index is 1.78. The molecular weight excluding hydrogens is 284 g/mol. The Morgan fingerprint density at radius 2 is 1.65 bits per heavy atom. The number of nitrogens with one attached hydrogen (secondary N) is 1. The second-order valence-corrected chi connectivity index (χ2v) is 6.74. The molecule has 1 rings (SSSR count). The number of hydrogen-bond acceptors (Lipinski definition) is 3. The van der Waals surface area contributed by atoms with Crippen molar-refractivity contribution in [2.75, 3.05) is 13.7 Å². The molecule has 0 aliphatic heterocycles. The van der Waals surface area contributed by atoms with Crippen LogP contribution in [-0.2, 0) is 11.3 Å². The lowest BCUT2D eigenvalue weighted by atomic mass is 10.0. The zero-order chi connectivity index (χ0) is 16.6. The normalized spacial score (nSPS) is 12.4. The number of aryl methyl sites for hydroxylation is 1. The number of rotatable bonds is 15. The smallest absolute Gasteiger partial charge is 0.0572 e. The van der Waals surface area contributed by atoms with E-state index in [1.165, 1.54) is 76.2 Å². The Morgan fingerprint density at radius 3 is 2.26 bits per heavy atom. The SMILES string of the molecule is CONC[C@H](C)CCCCCCCCCCCc1cccnc1. The highest BCUT2D eigenvalue weighted by Gasteiger charge is 2.01. The maximum Gasteiger partial charge on any atom is 0.0572 e. The van der Waals surface area contributed by atoms with Crippen molar-refractivity contribution in [2.45, 2.75) is 77.6 Å². The van der Waals surface area contributed by atoms with Gasteiger partial charge in [-0.3, -0.25) is 4.98 Å². The van der Waals surface area contributed by atoms with Crippen LogP contribution in [0.1, 0.15) is 76.7 Å². The molecular formula is C20H36N2O. The third kappa shape index (κ3) is 12.2. The van der Waals surface area contributed by atoms with Gasteiger partial charge in [0.25, 0.3) is 0 Å². The van der Waals surface area contributed by atoms with Gasteiger partial charge in [-0.05, 0) is 36.8 Å². The predicted molar refractivity (Wildman–Crippen MR) is 98.3 cm³/mol. The van der Waals surface area contributed by atoms with E-state index in [-0.39, 0.29) is 0 Å². The number of aromatic nitrogens is 1. The van der Waals surface area contributed by atoms with Crippen LogP contribution in [0.2, 0.25) is 0 Å². The Kier molecular flexibility index (Phi) is 12.8. The molecule has 0 spiro atoms. The van der Waals surface area contributed by atoms with Crippen molar-refractivity contribution in [3.8, 4) is 0 Å². The minimum Gasteiger partial charge on any atom is -0.305 e. The minimum atomic E-state index is 0.717. The number of hydrogen-bond donors (Lipinski definition) is 1. The van der Waals surface area contributed by atoms with Crippen LogP contribution in [0.5, 0.6) is 0 Å². The fraction of sp³-hybridized carbons (Fsp3) is 0.750. The van der Waals surface area contributed by atoms with Gasteiger partial charge < -0.3 is 4.84 Å². The summed E-state index contributed by atoms with van der Waals surface area (Å²) in [5.74, 6) is 0.717. The quantitative estimate of drug-likeness (QED) is 0.351. The van der Waals surface area contributed by atoms with Crippen LogP contribution in [0.3, 0.4) is 0 Å². The van der Waals surface area contributed by atoms with Crippen LogP contribution >= 0.6 is 0 Å². The van der Waals surface area contributed by atoms with Crippen LogP contribution in [0.25, 0.3) is 0 Å². The molecule has 0 saturated heterocycles. The van der Waals surface area contributed by atoms with Crippen molar-refractivity contribution in [1.29, 1.82) is 0 Å². The Labute approximate surface area is 143 Å². The van der Waals surface area contributed by atoms with Crippen LogP contribution in [0.15, 0.2) is 24.5 Å². The second-order valence-electron chi connectivity index (χ2n) is 6.74. The van der Waals surface area contributed by atoms with Gasteiger partial charge in [-0.1, -0.05) is 64.4 Å². The molecule has 3 nitrogen and oxygen atoms in total. The molecule has 1 atom stereocenters. The summed E-state index contributed by atoms with van der Waals surface area (Å²) in [5, 5.41) is 0. The first-order chi connectivity index (χ1) is 11.3. The lowest BCUT2D eigenvalue weighted by molar-refractivity contribution is 0.0804. The standard InChI is InChI=1S/C20H36N2O/c1-19(17-22-23-2)13-10-8-6-4-3-5-7-9-11-14-20-15-12-16-21-18-20/h12,15-16,18-19,22H,3-11,13-14,17H2,1-2H3/t19-/m1/s1. The van der Waals surface area contributed by atoms with Crippen molar-refractivity contribution >= 4 is 0 Å². The molecule has 1 heterocycles. The third-order valence-electron chi connectivity index (χ3n) is 4.46. The third-order valence-corrected chi connectivity index (χ3v) is 4.46. The second kappa shape index (κ2) is 14.6. The molecule has 1 N–H and O–H groups in total. The number of nitrogens with zero attached hydrogens (tertiary/aromatic N) is 1. The van der Waals surface area contributed by atoms with Gasteiger partial charge in [-0.2, -0.15) is 0 Å². The summed E-state index contributed by atoms with van der Waals surface area (Å²) in [5.41, 5.74) is 4.32. The van der Waals surface area contributed by atoms with Crippen molar-refractivity contribution in [3.05, 3.63) is 30.1 Å². The van der Waals surface area contributed by atoms with E-state index in [0.717, 1.165) is 12.5 Å². The first-order valence-corrected chi connectivity index (χ1v) is 9.47. The summed E-state index contributed by atoms with van der Waals surface area (Å²) in [6, 6.07) is 4.21. The number of hydroxylamine groups is 1. The molecule has 0 aliphatic rings. The molecule has 1 aromatic rings. The molecule has 0 radical (unpaired) electrons. The summed E-state index contributed by atoms with van der Waals surface area (Å²) in [6.07, 6.45) is 18.8. The topological polar surface area (TPSA) is 34.1 Å². The van der Waals surface area contributed by atoms with Crippen molar-refractivity contribution in [1.82, 2.24) is 10.5 Å². The molecule has 0 fully saturated rings. The van der Waals surface area contributed by atoms with Gasteiger partial charge in [0.2, 0.25) is 0 Å². The van der Waals surface area contributed by atoms with Gasteiger partial charge in [-0.15, -0.1) is 0 Å². The van der Waals surface area contributed by atoms with E-state index in [9.17, 15) is 0 Å². The fourth-order valence-electron chi connectivity index (χ4n) is 2.93. The molecule has 0 amide bonds. The fourth-order valence-corrected chi connectivity index (χ4v) is 2.93. The van der Waals surface area contributed by atoms with Crippen LogP contribution < -0.4 is 5.48 Å². The summed E-state index contributed by atoms with van der Waals surface area (Å²) < 4.78 is 0. The van der Waals surface area contributed by atoms with Crippen LogP contribution in [0, 0.1) is 5.92 Å². The van der Waals surface area contributed by atoms with Crippen molar-refractivity contribution < 1.29 is 4.84 Å². The van der Waals surface area contributed by atoms with Crippen LogP contribution in [0.4, 0.5) is 0 Å². The maximum absolute atomic E-state index is 4.88. The maximum atomic E-state index is 4.88. The Hall–Kier alpha value is -0.930. The number of unbranched alkanes of at least 4 members (excludes halogenated alkanes) is 8. The van der Waals surface area contributed by atoms with Crippen molar-refractivity contribution in [2.24, 2.45) is 5.92 Å². The van der Waals surface area contributed by atoms with E-state index in [2.05, 4.69) is 23.5 Å². The zero-order valence-corrected chi connectivity index (χ0v) is 15.2. The molecule has 0 unspecified atom stereocenters. The molecule has 0 bridgehead atoms. The molecule has 132 valence electrons. The van der Waals surface area contributed by atoms with E-state index >= 15 is 0 Å². The summed E-state index contributed by atoms with van der Waals surface area (Å²) in [6.45, 7) is 3.26. The predicted octanol–water partition coefficient (Wildman–Crippen LogP) is 5.31. The highest BCUT2D eigenvalue weighted by Crippen LogP contribution is 2.14. The van der Waals surface area contributed by atoms with Gasteiger partial charge in [0.1, 0.15) is 0 Å². The van der Waals surface area contributed by atoms with Gasteiger partial charge in [0, 0.05) is 18.9 Å². The van der Waals surface area contributed by atoms with Gasteiger partial charge in [-0.25, -0.2) is 5.48 Å². The molecule has 1 aromatic heterocycles. The molecule has 0 aromatic carbocycles. The first kappa shape index (κ1) is 20.1. The molecule has 0 saturated carbocycles. The zero-order valence-electron chi connectivity index (χ0n) is 15.2. The molecule has 0 aliphatic carbocycles. The Bertz CT molecular complexity index is 356. The lowest BCUT2D eigenvalue weighted by Gasteiger charge is -2.10.